The number of likely N-dealkylation sites (tertiary alicyclic amines) is 3. The van der Waals surface area contributed by atoms with Crippen LogP contribution < -0.4 is 11.4 Å². The second-order valence-electron chi connectivity index (χ2n) is 13.7. The Morgan fingerprint density at radius 1 is 0.979 bits per heavy atom. The van der Waals surface area contributed by atoms with Gasteiger partial charge in [-0.2, -0.15) is 0 Å². The summed E-state index contributed by atoms with van der Waals surface area (Å²) in [6, 6.07) is 12.1. The first-order valence-electron chi connectivity index (χ1n) is 17.1. The van der Waals surface area contributed by atoms with E-state index < -0.39 is 5.92 Å². The van der Waals surface area contributed by atoms with Crippen molar-refractivity contribution in [3.05, 3.63) is 69.2 Å². The fourth-order valence-corrected chi connectivity index (χ4v) is 8.38. The van der Waals surface area contributed by atoms with Crippen molar-refractivity contribution < 1.29 is 9.59 Å². The molecule has 10 nitrogen and oxygen atoms in total. The first-order chi connectivity index (χ1) is 22.8. The molecule has 0 saturated carbocycles. The molecule has 0 unspecified atom stereocenters. The highest BCUT2D eigenvalue weighted by molar-refractivity contribution is 6.33. The van der Waals surface area contributed by atoms with Crippen molar-refractivity contribution in [1.82, 2.24) is 29.2 Å². The summed E-state index contributed by atoms with van der Waals surface area (Å²) >= 11 is 6.44. The van der Waals surface area contributed by atoms with E-state index >= 15 is 0 Å². The fraction of sp³-hybridized carbons (Fsp3) is 0.500. The molecule has 47 heavy (non-hydrogen) atoms. The molecule has 7 rings (SSSR count). The van der Waals surface area contributed by atoms with Crippen LogP contribution in [0.15, 0.2) is 47.4 Å². The Morgan fingerprint density at radius 2 is 1.66 bits per heavy atom. The number of amides is 2. The van der Waals surface area contributed by atoms with E-state index in [1.54, 1.807) is 6.20 Å². The number of carbonyl (C=O) groups excluding carboxylic acids is 2. The number of nitrogens with zero attached hydrogens (tertiary/aromatic N) is 5. The minimum atomic E-state index is -0.488. The number of hydrogen-bond donors (Lipinski definition) is 2. The summed E-state index contributed by atoms with van der Waals surface area (Å²) in [5, 5.41) is 1.39. The Balaban J connectivity index is 1.04. The number of benzene rings is 2. The van der Waals surface area contributed by atoms with Gasteiger partial charge < -0.3 is 25.4 Å². The maximum Gasteiger partial charge on any atom is 0.326 e. The lowest BCUT2D eigenvalue weighted by molar-refractivity contribution is -0.143. The summed E-state index contributed by atoms with van der Waals surface area (Å²) in [5.74, 6) is -0.465. The van der Waals surface area contributed by atoms with E-state index in [9.17, 15) is 14.4 Å². The molecule has 2 aromatic heterocycles. The molecule has 3 aliphatic rings. The number of hydrogen-bond acceptors (Lipinski definition) is 6. The highest BCUT2D eigenvalue weighted by atomic mass is 35.5. The van der Waals surface area contributed by atoms with E-state index in [0.29, 0.717) is 49.1 Å². The molecule has 0 bridgehead atoms. The monoisotopic (exact) mass is 657 g/mol. The largest absolute Gasteiger partial charge is 0.397 e. The van der Waals surface area contributed by atoms with Crippen molar-refractivity contribution in [2.75, 3.05) is 45.0 Å². The van der Waals surface area contributed by atoms with Crippen LogP contribution in [-0.4, -0.2) is 86.4 Å². The molecule has 0 aliphatic carbocycles. The normalized spacial score (nSPS) is 19.2. The third-order valence-corrected chi connectivity index (χ3v) is 11.0. The van der Waals surface area contributed by atoms with Gasteiger partial charge in [-0.1, -0.05) is 35.9 Å². The Morgan fingerprint density at radius 3 is 2.38 bits per heavy atom. The van der Waals surface area contributed by atoms with Gasteiger partial charge in [-0.05, 0) is 88.2 Å². The number of para-hydroxylation sites is 1. The minimum Gasteiger partial charge on any atom is -0.397 e. The number of rotatable bonds is 7. The standard InChI is InChI=1S/C36H44ClN7O3/c1-23-18-24(20-29(37)33(23)38)19-25(35(46)43-16-8-26(9-17-43)41-12-4-5-13-41)21-32(45)42-14-10-27(11-15-42)44-31-22-39-30-7-3-2-6-28(30)34(31)40-36(44)47/h2-3,6-7,18,20,22,25-27H,4-5,8-17,19,21,38H2,1H3,(H,40,47)/t25-/m0/s1. The molecule has 248 valence electrons. The molecular weight excluding hydrogens is 614 g/mol. The molecule has 4 aromatic rings. The van der Waals surface area contributed by atoms with E-state index in [2.05, 4.69) is 14.9 Å². The van der Waals surface area contributed by atoms with Gasteiger partial charge >= 0.3 is 5.69 Å². The number of anilines is 1. The topological polar surface area (TPSA) is 121 Å². The van der Waals surface area contributed by atoms with E-state index in [-0.39, 0.29) is 30.0 Å². The molecule has 1 atom stereocenters. The van der Waals surface area contributed by atoms with Crippen molar-refractivity contribution >= 4 is 51.0 Å². The predicted octanol–water partition coefficient (Wildman–Crippen LogP) is 4.92. The van der Waals surface area contributed by atoms with Crippen molar-refractivity contribution in [1.29, 1.82) is 0 Å². The zero-order chi connectivity index (χ0) is 32.7. The number of piperidine rings is 2. The Hall–Kier alpha value is -3.89. The number of nitrogens with two attached hydrogens (primary N) is 1. The van der Waals surface area contributed by atoms with Crippen LogP contribution in [0.5, 0.6) is 0 Å². The van der Waals surface area contributed by atoms with Crippen molar-refractivity contribution in [2.24, 2.45) is 5.92 Å². The zero-order valence-corrected chi connectivity index (χ0v) is 27.8. The van der Waals surface area contributed by atoms with Crippen LogP contribution in [0.2, 0.25) is 5.02 Å². The number of pyridine rings is 1. The molecule has 11 heteroatoms. The SMILES string of the molecule is Cc1cc(C[C@@H](CC(=O)N2CCC(n3c(=O)[nH]c4c5ccccc5ncc43)CC2)C(=O)N2CCC(N3CCCC3)CC2)cc(Cl)c1N. The highest BCUT2D eigenvalue weighted by Gasteiger charge is 2.34. The number of aromatic amines is 1. The van der Waals surface area contributed by atoms with Crippen molar-refractivity contribution in [2.45, 2.75) is 70.4 Å². The molecule has 2 aromatic carbocycles. The average molecular weight is 658 g/mol. The maximum absolute atomic E-state index is 14.1. The summed E-state index contributed by atoms with van der Waals surface area (Å²) in [6.45, 7) is 6.73. The molecule has 3 N–H and O–H groups in total. The third kappa shape index (κ3) is 6.37. The molecule has 0 radical (unpaired) electrons. The quantitative estimate of drug-likeness (QED) is 0.272. The summed E-state index contributed by atoms with van der Waals surface area (Å²) < 4.78 is 1.81. The number of nitrogen functional groups attached to an aromatic ring is 1. The Kier molecular flexibility index (Phi) is 8.98. The van der Waals surface area contributed by atoms with Crippen LogP contribution in [0.4, 0.5) is 5.69 Å². The Bertz CT molecular complexity index is 1820. The number of carbonyl (C=O) groups is 2. The number of imidazole rings is 1. The van der Waals surface area contributed by atoms with Crippen LogP contribution >= 0.6 is 11.6 Å². The van der Waals surface area contributed by atoms with Crippen LogP contribution in [0.3, 0.4) is 0 Å². The predicted molar refractivity (Wildman–Crippen MR) is 186 cm³/mol. The average Bonchev–Trinajstić information content (AvgIpc) is 3.75. The van der Waals surface area contributed by atoms with E-state index in [4.69, 9.17) is 17.3 Å². The summed E-state index contributed by atoms with van der Waals surface area (Å²) in [4.78, 5) is 55.1. The zero-order valence-electron chi connectivity index (χ0n) is 27.1. The number of aryl methyl sites for hydroxylation is 1. The molecule has 3 aliphatic heterocycles. The smallest absolute Gasteiger partial charge is 0.326 e. The summed E-state index contributed by atoms with van der Waals surface area (Å²) in [6.07, 6.45) is 8.12. The molecule has 3 saturated heterocycles. The first kappa shape index (κ1) is 31.7. The minimum absolute atomic E-state index is 0.0223. The van der Waals surface area contributed by atoms with Crippen LogP contribution in [-0.2, 0) is 16.0 Å². The number of aromatic nitrogens is 3. The van der Waals surface area contributed by atoms with Crippen molar-refractivity contribution in [3.63, 3.8) is 0 Å². The summed E-state index contributed by atoms with van der Waals surface area (Å²) in [7, 11) is 0. The molecule has 2 amide bonds. The summed E-state index contributed by atoms with van der Waals surface area (Å²) in [5.41, 5.74) is 10.7. The van der Waals surface area contributed by atoms with Gasteiger partial charge in [-0.25, -0.2) is 4.79 Å². The van der Waals surface area contributed by atoms with Gasteiger partial charge in [0.1, 0.15) is 0 Å². The van der Waals surface area contributed by atoms with Gasteiger partial charge in [-0.3, -0.25) is 19.1 Å². The lowest BCUT2D eigenvalue weighted by atomic mass is 9.91. The van der Waals surface area contributed by atoms with Crippen LogP contribution in [0.25, 0.3) is 21.9 Å². The van der Waals surface area contributed by atoms with Crippen molar-refractivity contribution in [3.8, 4) is 0 Å². The molecular formula is C36H44ClN7O3. The van der Waals surface area contributed by atoms with E-state index in [0.717, 1.165) is 72.1 Å². The lowest BCUT2D eigenvalue weighted by Gasteiger charge is -2.38. The van der Waals surface area contributed by atoms with Gasteiger partial charge in [0.15, 0.2) is 0 Å². The highest BCUT2D eigenvalue weighted by Crippen LogP contribution is 2.31. The second-order valence-corrected chi connectivity index (χ2v) is 14.1. The number of halogens is 1. The first-order valence-corrected chi connectivity index (χ1v) is 17.5. The third-order valence-electron chi connectivity index (χ3n) is 10.7. The van der Waals surface area contributed by atoms with Gasteiger partial charge in [0.25, 0.3) is 0 Å². The number of fused-ring (bicyclic) bond motifs is 3. The number of nitrogens with one attached hydrogen (secondary N) is 1. The molecule has 0 spiro atoms. The van der Waals surface area contributed by atoms with Gasteiger partial charge in [0.05, 0.1) is 39.4 Å². The van der Waals surface area contributed by atoms with E-state index in [1.165, 1.54) is 12.8 Å². The van der Waals surface area contributed by atoms with Crippen LogP contribution in [0.1, 0.15) is 62.1 Å². The van der Waals surface area contributed by atoms with Gasteiger partial charge in [-0.15, -0.1) is 0 Å². The maximum atomic E-state index is 14.1. The lowest BCUT2D eigenvalue weighted by Crippen LogP contribution is -2.48. The van der Waals surface area contributed by atoms with Gasteiger partial charge in [0, 0.05) is 50.1 Å². The Labute approximate surface area is 279 Å². The molecule has 5 heterocycles. The van der Waals surface area contributed by atoms with E-state index in [1.807, 2.05) is 57.7 Å². The van der Waals surface area contributed by atoms with Gasteiger partial charge in [0.2, 0.25) is 11.8 Å². The fourth-order valence-electron chi connectivity index (χ4n) is 8.09. The second kappa shape index (κ2) is 13.3. The molecule has 3 fully saturated rings. The van der Waals surface area contributed by atoms with Crippen LogP contribution in [0, 0.1) is 12.8 Å². The number of H-pyrrole nitrogens is 1.